The molecule has 0 unspecified atom stereocenters. The van der Waals surface area contributed by atoms with Crippen molar-refractivity contribution in [3.05, 3.63) is 217 Å². The van der Waals surface area contributed by atoms with Gasteiger partial charge >= 0.3 is 0 Å². The zero-order chi connectivity index (χ0) is 43.5. The van der Waals surface area contributed by atoms with Gasteiger partial charge in [0.1, 0.15) is 0 Å². The highest BCUT2D eigenvalue weighted by Gasteiger charge is 2.36. The fourth-order valence-electron chi connectivity index (χ4n) is 9.77. The van der Waals surface area contributed by atoms with Gasteiger partial charge in [0.2, 0.25) is 5.82 Å². The van der Waals surface area contributed by atoms with Gasteiger partial charge in [0.25, 0.3) is 0 Å². The van der Waals surface area contributed by atoms with Gasteiger partial charge in [-0.15, -0.1) is 0 Å². The summed E-state index contributed by atoms with van der Waals surface area (Å²) in [5, 5.41) is 2.49. The number of benzene rings is 7. The first-order chi connectivity index (χ1) is 32.0. The Hall–Kier alpha value is -8.29. The molecule has 0 aliphatic heterocycles. The van der Waals surface area contributed by atoms with Crippen LogP contribution in [0.1, 0.15) is 43.6 Å². The molecule has 0 saturated carbocycles. The molecule has 0 atom stereocenters. The van der Waals surface area contributed by atoms with E-state index in [-0.39, 0.29) is 5.41 Å². The van der Waals surface area contributed by atoms with Crippen molar-refractivity contribution < 1.29 is 0 Å². The lowest BCUT2D eigenvalue weighted by Crippen LogP contribution is -2.15. The minimum atomic E-state index is -0.113. The Labute approximate surface area is 377 Å². The van der Waals surface area contributed by atoms with Crippen molar-refractivity contribution in [3.8, 4) is 51.0 Å². The van der Waals surface area contributed by atoms with Crippen LogP contribution in [0.15, 0.2) is 200 Å². The molecule has 2 aliphatic carbocycles. The topological polar surface area (TPSA) is 72.6 Å². The van der Waals surface area contributed by atoms with Gasteiger partial charge in [-0.05, 0) is 106 Å². The molecule has 7 nitrogen and oxygen atoms in total. The molecule has 3 aromatic heterocycles. The molecule has 0 bridgehead atoms. The van der Waals surface area contributed by atoms with E-state index in [0.717, 1.165) is 57.9 Å². The van der Waals surface area contributed by atoms with Crippen LogP contribution in [0.3, 0.4) is 0 Å². The molecule has 3 heterocycles. The van der Waals surface area contributed by atoms with E-state index in [2.05, 4.69) is 175 Å². The average molecular weight is 838 g/mol. The smallest absolute Gasteiger partial charge is 0.201 e. The maximum Gasteiger partial charge on any atom is 0.201 e. The van der Waals surface area contributed by atoms with Crippen LogP contribution in [0, 0.1) is 0 Å². The van der Waals surface area contributed by atoms with Crippen LogP contribution in [-0.2, 0) is 5.41 Å². The van der Waals surface area contributed by atoms with Gasteiger partial charge in [-0.25, -0.2) is 24.9 Å². The highest BCUT2D eigenvalue weighted by Crippen LogP contribution is 2.51. The van der Waals surface area contributed by atoms with Crippen molar-refractivity contribution in [2.24, 2.45) is 0 Å². The molecule has 0 amide bonds. The standard InChI is InChI=1S/C58H43N7/c1-58(2)50-27-14-12-25-46(50)48-34-49-47-26-13-15-28-52(47)65(53(49)35-51(48)58)43-31-29-42(30-32-43)64(44-24-16-23-41(33-44)38-17-6-3-7-18-38)45-36-59-56(60-37-45)57-62-54(39-19-8-4-9-20-39)61-55(63-57)40-21-10-5-11-22-40/h3-10,12-21,23-37H,11,22H2,1-2H3. The summed E-state index contributed by atoms with van der Waals surface area (Å²) in [6, 6.07) is 60.4. The number of anilines is 3. The summed E-state index contributed by atoms with van der Waals surface area (Å²) in [5.74, 6) is 2.10. The summed E-state index contributed by atoms with van der Waals surface area (Å²) >= 11 is 0. The summed E-state index contributed by atoms with van der Waals surface area (Å²) in [4.78, 5) is 26.9. The van der Waals surface area contributed by atoms with Crippen LogP contribution >= 0.6 is 0 Å². The molecular formula is C58H43N7. The Morgan fingerprint density at radius 3 is 1.97 bits per heavy atom. The third-order valence-electron chi connectivity index (χ3n) is 13.0. The van der Waals surface area contributed by atoms with Gasteiger partial charge < -0.3 is 9.47 Å². The van der Waals surface area contributed by atoms with Gasteiger partial charge in [-0.3, -0.25) is 0 Å². The molecule has 65 heavy (non-hydrogen) atoms. The SMILES string of the molecule is CC1(C)c2ccccc2-c2cc3c4ccccc4n(-c4ccc(N(c5cnc(-c6nc(C7=CC=CCC7)nc(-c7ccccc7)n6)nc5)c5cccc(-c6ccccc6)c5)cc4)c3cc21. The molecule has 0 N–H and O–H groups in total. The number of hydrogen-bond donors (Lipinski definition) is 0. The fraction of sp³-hybridized carbons (Fsp3) is 0.0862. The number of allylic oxidation sites excluding steroid dienone is 4. The molecule has 0 fully saturated rings. The maximum atomic E-state index is 4.96. The Kier molecular flexibility index (Phi) is 9.16. The molecule has 310 valence electrons. The summed E-state index contributed by atoms with van der Waals surface area (Å²) in [7, 11) is 0. The molecular weight excluding hydrogens is 795 g/mol. The Morgan fingerprint density at radius 1 is 0.492 bits per heavy atom. The number of hydrogen-bond acceptors (Lipinski definition) is 6. The van der Waals surface area contributed by atoms with Gasteiger partial charge in [0, 0.05) is 38.8 Å². The Bertz CT molecular complexity index is 3500. The largest absolute Gasteiger partial charge is 0.309 e. The first-order valence-corrected chi connectivity index (χ1v) is 22.2. The third-order valence-corrected chi connectivity index (χ3v) is 13.0. The molecule has 0 saturated heterocycles. The van der Waals surface area contributed by atoms with E-state index >= 15 is 0 Å². The quantitative estimate of drug-likeness (QED) is 0.152. The van der Waals surface area contributed by atoms with Gasteiger partial charge in [-0.2, -0.15) is 0 Å². The van der Waals surface area contributed by atoms with Crippen molar-refractivity contribution in [2.75, 3.05) is 4.90 Å². The first-order valence-electron chi connectivity index (χ1n) is 22.2. The van der Waals surface area contributed by atoms with Gasteiger partial charge in [-0.1, -0.05) is 147 Å². The molecule has 2 aliphatic rings. The zero-order valence-corrected chi connectivity index (χ0v) is 36.1. The van der Waals surface area contributed by atoms with Gasteiger partial charge in [0.05, 0.1) is 29.1 Å². The van der Waals surface area contributed by atoms with Gasteiger partial charge in [0.15, 0.2) is 17.5 Å². The lowest BCUT2D eigenvalue weighted by molar-refractivity contribution is 0.661. The Balaban J connectivity index is 0.970. The lowest BCUT2D eigenvalue weighted by Gasteiger charge is -2.26. The second-order valence-corrected chi connectivity index (χ2v) is 17.3. The second-order valence-electron chi connectivity index (χ2n) is 17.3. The van der Waals surface area contributed by atoms with E-state index in [0.29, 0.717) is 23.3 Å². The predicted molar refractivity (Wildman–Crippen MR) is 265 cm³/mol. The predicted octanol–water partition coefficient (Wildman–Crippen LogP) is 14.3. The van der Waals surface area contributed by atoms with E-state index in [1.165, 1.54) is 44.1 Å². The molecule has 7 heteroatoms. The fourth-order valence-corrected chi connectivity index (χ4v) is 9.77. The minimum absolute atomic E-state index is 0.113. The van der Waals surface area contributed by atoms with Crippen molar-refractivity contribution >= 4 is 44.4 Å². The van der Waals surface area contributed by atoms with E-state index in [1.54, 1.807) is 0 Å². The second kappa shape index (κ2) is 15.5. The highest BCUT2D eigenvalue weighted by molar-refractivity contribution is 6.11. The highest BCUT2D eigenvalue weighted by atomic mass is 15.2. The lowest BCUT2D eigenvalue weighted by atomic mass is 9.82. The average Bonchev–Trinajstić information content (AvgIpc) is 3.82. The van der Waals surface area contributed by atoms with Crippen molar-refractivity contribution in [3.63, 3.8) is 0 Å². The molecule has 7 aromatic carbocycles. The van der Waals surface area contributed by atoms with Crippen molar-refractivity contribution in [1.29, 1.82) is 0 Å². The van der Waals surface area contributed by atoms with E-state index in [9.17, 15) is 0 Å². The van der Waals surface area contributed by atoms with Crippen LogP contribution in [-0.4, -0.2) is 29.5 Å². The number of para-hydroxylation sites is 1. The molecule has 0 spiro atoms. The van der Waals surface area contributed by atoms with Crippen LogP contribution in [0.25, 0.3) is 78.4 Å². The normalized spacial score (nSPS) is 13.7. The van der Waals surface area contributed by atoms with Crippen molar-refractivity contribution in [2.45, 2.75) is 32.1 Å². The molecule has 0 radical (unpaired) electrons. The van der Waals surface area contributed by atoms with Crippen LogP contribution < -0.4 is 4.90 Å². The number of fused-ring (bicyclic) bond motifs is 6. The number of nitrogens with zero attached hydrogens (tertiary/aromatic N) is 7. The van der Waals surface area contributed by atoms with E-state index in [4.69, 9.17) is 24.9 Å². The maximum absolute atomic E-state index is 4.96. The number of rotatable bonds is 8. The summed E-state index contributed by atoms with van der Waals surface area (Å²) in [5.41, 5.74) is 15.7. The van der Waals surface area contributed by atoms with E-state index in [1.807, 2.05) is 48.8 Å². The summed E-state index contributed by atoms with van der Waals surface area (Å²) < 4.78 is 2.42. The first kappa shape index (κ1) is 38.4. The summed E-state index contributed by atoms with van der Waals surface area (Å²) in [6.45, 7) is 4.69. The third kappa shape index (κ3) is 6.63. The van der Waals surface area contributed by atoms with Crippen LogP contribution in [0.2, 0.25) is 0 Å². The van der Waals surface area contributed by atoms with Crippen molar-refractivity contribution in [1.82, 2.24) is 29.5 Å². The zero-order valence-electron chi connectivity index (χ0n) is 36.1. The molecule has 12 rings (SSSR count). The van der Waals surface area contributed by atoms with Crippen LogP contribution in [0.5, 0.6) is 0 Å². The van der Waals surface area contributed by atoms with E-state index < -0.39 is 0 Å². The minimum Gasteiger partial charge on any atom is -0.309 e. The number of aromatic nitrogens is 6. The Morgan fingerprint density at radius 2 is 1.18 bits per heavy atom. The monoisotopic (exact) mass is 837 g/mol. The summed E-state index contributed by atoms with van der Waals surface area (Å²) in [6.07, 6.45) is 11.8. The molecule has 10 aromatic rings. The van der Waals surface area contributed by atoms with Crippen LogP contribution in [0.4, 0.5) is 17.1 Å².